The van der Waals surface area contributed by atoms with Gasteiger partial charge in [-0.1, -0.05) is 48.5 Å². The molecular weight excluding hydrogens is 444 g/mol. The molecule has 0 aliphatic carbocycles. The summed E-state index contributed by atoms with van der Waals surface area (Å²) in [6, 6.07) is 20.7. The maximum absolute atomic E-state index is 12.9. The third kappa shape index (κ3) is 7.17. The second kappa shape index (κ2) is 12.3. The molecule has 1 aliphatic heterocycles. The van der Waals surface area contributed by atoms with Gasteiger partial charge in [0.1, 0.15) is 6.04 Å². The summed E-state index contributed by atoms with van der Waals surface area (Å²) in [5.41, 5.74) is 2.88. The first-order valence-electron chi connectivity index (χ1n) is 11.9. The summed E-state index contributed by atoms with van der Waals surface area (Å²) in [7, 11) is 0. The van der Waals surface area contributed by atoms with Crippen molar-refractivity contribution in [3.8, 4) is 11.1 Å². The number of hydrogen-bond acceptors (Lipinski definition) is 4. The number of carbonyl (C=O) groups is 2. The molecule has 0 bridgehead atoms. The quantitative estimate of drug-likeness (QED) is 0.370. The molecule has 178 valence electrons. The molecule has 2 aromatic carbocycles. The van der Waals surface area contributed by atoms with Crippen molar-refractivity contribution < 1.29 is 9.59 Å². The summed E-state index contributed by atoms with van der Waals surface area (Å²) in [4.78, 5) is 29.1. The van der Waals surface area contributed by atoms with E-state index >= 15 is 0 Å². The SMILES string of the molecule is O=C(Nc1ccc(-c2ccccc2)cc1)NC(Cc1cccs1)C(=O)NCCCN1CCCC1. The highest BCUT2D eigenvalue weighted by Crippen LogP contribution is 2.21. The van der Waals surface area contributed by atoms with Crippen molar-refractivity contribution in [2.45, 2.75) is 31.7 Å². The van der Waals surface area contributed by atoms with Gasteiger partial charge in [0.15, 0.2) is 0 Å². The van der Waals surface area contributed by atoms with Crippen LogP contribution in [0.5, 0.6) is 0 Å². The van der Waals surface area contributed by atoms with Gasteiger partial charge in [0.2, 0.25) is 5.91 Å². The van der Waals surface area contributed by atoms with Crippen LogP contribution in [0.25, 0.3) is 11.1 Å². The Bertz CT molecular complexity index is 1030. The average molecular weight is 477 g/mol. The van der Waals surface area contributed by atoms with Crippen LogP contribution in [0, 0.1) is 0 Å². The highest BCUT2D eigenvalue weighted by Gasteiger charge is 2.22. The molecule has 1 saturated heterocycles. The third-order valence-corrected chi connectivity index (χ3v) is 6.90. The lowest BCUT2D eigenvalue weighted by molar-refractivity contribution is -0.122. The summed E-state index contributed by atoms with van der Waals surface area (Å²) in [5, 5.41) is 10.7. The van der Waals surface area contributed by atoms with Crippen LogP contribution < -0.4 is 16.0 Å². The Morgan fingerprint density at radius 2 is 1.65 bits per heavy atom. The van der Waals surface area contributed by atoms with E-state index in [0.717, 1.165) is 42.1 Å². The zero-order valence-corrected chi connectivity index (χ0v) is 20.2. The Morgan fingerprint density at radius 3 is 2.35 bits per heavy atom. The normalized spacial score (nSPS) is 14.5. The van der Waals surface area contributed by atoms with Crippen molar-refractivity contribution in [3.63, 3.8) is 0 Å². The number of amides is 3. The number of likely N-dealkylation sites (tertiary alicyclic amines) is 1. The Kier molecular flexibility index (Phi) is 8.71. The van der Waals surface area contributed by atoms with Gasteiger partial charge in [-0.15, -0.1) is 11.3 Å². The molecule has 7 heteroatoms. The topological polar surface area (TPSA) is 73.5 Å². The van der Waals surface area contributed by atoms with E-state index in [1.165, 1.54) is 12.8 Å². The fraction of sp³-hybridized carbons (Fsp3) is 0.333. The Hall–Kier alpha value is -3.16. The van der Waals surface area contributed by atoms with Gasteiger partial charge >= 0.3 is 6.03 Å². The maximum Gasteiger partial charge on any atom is 0.319 e. The van der Waals surface area contributed by atoms with Gasteiger partial charge in [0.05, 0.1) is 0 Å². The Morgan fingerprint density at radius 1 is 0.912 bits per heavy atom. The number of nitrogens with zero attached hydrogens (tertiary/aromatic N) is 1. The maximum atomic E-state index is 12.9. The van der Waals surface area contributed by atoms with Crippen LogP contribution in [-0.2, 0) is 11.2 Å². The molecule has 3 N–H and O–H groups in total. The number of anilines is 1. The molecule has 3 aromatic rings. The number of thiophene rings is 1. The molecule has 3 amide bonds. The fourth-order valence-corrected chi connectivity index (χ4v) is 4.94. The predicted molar refractivity (Wildman–Crippen MR) is 139 cm³/mol. The van der Waals surface area contributed by atoms with Crippen molar-refractivity contribution in [1.29, 1.82) is 0 Å². The van der Waals surface area contributed by atoms with Gasteiger partial charge < -0.3 is 20.9 Å². The number of urea groups is 1. The molecular formula is C27H32N4O2S. The van der Waals surface area contributed by atoms with E-state index in [2.05, 4.69) is 20.9 Å². The highest BCUT2D eigenvalue weighted by molar-refractivity contribution is 7.09. The highest BCUT2D eigenvalue weighted by atomic mass is 32.1. The minimum atomic E-state index is -0.631. The molecule has 0 radical (unpaired) electrons. The van der Waals surface area contributed by atoms with Crippen molar-refractivity contribution in [3.05, 3.63) is 77.0 Å². The third-order valence-electron chi connectivity index (χ3n) is 6.01. The number of carbonyl (C=O) groups excluding carboxylic acids is 2. The molecule has 34 heavy (non-hydrogen) atoms. The molecule has 1 atom stereocenters. The van der Waals surface area contributed by atoms with Crippen LogP contribution in [0.4, 0.5) is 10.5 Å². The van der Waals surface area contributed by atoms with Crippen LogP contribution in [0.2, 0.25) is 0 Å². The minimum Gasteiger partial charge on any atom is -0.354 e. The molecule has 4 rings (SSSR count). The van der Waals surface area contributed by atoms with Crippen LogP contribution in [0.15, 0.2) is 72.1 Å². The van der Waals surface area contributed by atoms with Crippen molar-refractivity contribution in [2.24, 2.45) is 0 Å². The average Bonchev–Trinajstić information content (AvgIpc) is 3.57. The predicted octanol–water partition coefficient (Wildman–Crippen LogP) is 4.75. The summed E-state index contributed by atoms with van der Waals surface area (Å²) < 4.78 is 0. The van der Waals surface area contributed by atoms with E-state index in [1.807, 2.05) is 72.1 Å². The van der Waals surface area contributed by atoms with E-state index < -0.39 is 6.04 Å². The lowest BCUT2D eigenvalue weighted by Gasteiger charge is -2.19. The molecule has 1 unspecified atom stereocenters. The van der Waals surface area contributed by atoms with Gasteiger partial charge in [-0.05, 0) is 73.6 Å². The molecule has 0 saturated carbocycles. The standard InChI is InChI=1S/C27H32N4O2S/c32-26(28-15-7-18-31-16-4-5-17-31)25(20-24-10-6-19-34-24)30-27(33)29-23-13-11-22(12-14-23)21-8-2-1-3-9-21/h1-3,6,8-14,19,25H,4-5,7,15-18,20H2,(H,28,32)(H2,29,30,33). The molecule has 0 spiro atoms. The van der Waals surface area contributed by atoms with E-state index in [1.54, 1.807) is 11.3 Å². The van der Waals surface area contributed by atoms with Gasteiger partial charge in [-0.25, -0.2) is 4.79 Å². The largest absolute Gasteiger partial charge is 0.354 e. The van der Waals surface area contributed by atoms with Crippen LogP contribution in [0.3, 0.4) is 0 Å². The molecule has 2 heterocycles. The van der Waals surface area contributed by atoms with E-state index in [9.17, 15) is 9.59 Å². The van der Waals surface area contributed by atoms with Crippen LogP contribution in [-0.4, -0.2) is 49.1 Å². The number of benzene rings is 2. The second-order valence-corrected chi connectivity index (χ2v) is 9.60. The molecule has 1 aliphatic rings. The summed E-state index contributed by atoms with van der Waals surface area (Å²) in [5.74, 6) is -0.149. The van der Waals surface area contributed by atoms with Crippen molar-refractivity contribution in [1.82, 2.24) is 15.5 Å². The fourth-order valence-electron chi connectivity index (χ4n) is 4.18. The number of nitrogens with one attached hydrogen (secondary N) is 3. The van der Waals surface area contributed by atoms with E-state index in [4.69, 9.17) is 0 Å². The summed E-state index contributed by atoms with van der Waals surface area (Å²) in [6.45, 7) is 3.93. The van der Waals surface area contributed by atoms with Crippen LogP contribution >= 0.6 is 11.3 Å². The van der Waals surface area contributed by atoms with Gasteiger partial charge in [-0.2, -0.15) is 0 Å². The zero-order valence-electron chi connectivity index (χ0n) is 19.3. The minimum absolute atomic E-state index is 0.149. The lowest BCUT2D eigenvalue weighted by atomic mass is 10.1. The monoisotopic (exact) mass is 476 g/mol. The Balaban J connectivity index is 1.30. The van der Waals surface area contributed by atoms with Gasteiger partial charge in [0.25, 0.3) is 0 Å². The first-order valence-corrected chi connectivity index (χ1v) is 12.8. The summed E-state index contributed by atoms with van der Waals surface area (Å²) >= 11 is 1.59. The van der Waals surface area contributed by atoms with Crippen LogP contribution in [0.1, 0.15) is 24.1 Å². The first-order chi connectivity index (χ1) is 16.7. The zero-order chi connectivity index (χ0) is 23.6. The van der Waals surface area contributed by atoms with Gasteiger partial charge in [-0.3, -0.25) is 4.79 Å². The summed E-state index contributed by atoms with van der Waals surface area (Å²) in [6.07, 6.45) is 3.92. The Labute approximate surface area is 205 Å². The second-order valence-electron chi connectivity index (χ2n) is 8.57. The van der Waals surface area contributed by atoms with Crippen molar-refractivity contribution >= 4 is 29.0 Å². The first kappa shape index (κ1) is 24.0. The van der Waals surface area contributed by atoms with E-state index in [-0.39, 0.29) is 11.9 Å². The van der Waals surface area contributed by atoms with Gasteiger partial charge in [0, 0.05) is 23.5 Å². The number of hydrogen-bond donors (Lipinski definition) is 3. The van der Waals surface area contributed by atoms with E-state index in [0.29, 0.717) is 18.7 Å². The molecule has 1 fully saturated rings. The smallest absolute Gasteiger partial charge is 0.319 e. The molecule has 6 nitrogen and oxygen atoms in total. The van der Waals surface area contributed by atoms with Crippen molar-refractivity contribution in [2.75, 3.05) is 31.5 Å². The lowest BCUT2D eigenvalue weighted by Crippen LogP contribution is -2.49. The number of rotatable bonds is 10. The molecule has 1 aromatic heterocycles.